The summed E-state index contributed by atoms with van der Waals surface area (Å²) in [6.07, 6.45) is 3.39. The van der Waals surface area contributed by atoms with Crippen LogP contribution in [-0.2, 0) is 13.0 Å². The zero-order chi connectivity index (χ0) is 17.8. The minimum absolute atomic E-state index is 0.0250. The Labute approximate surface area is 149 Å². The quantitative estimate of drug-likeness (QED) is 0.849. The van der Waals surface area contributed by atoms with Crippen LogP contribution in [0.4, 0.5) is 0 Å². The standard InChI is InChI=1S/C20H27N3O2/c1-22(2)20(25)18-11-10-16(21-18)14-23(12-13-24)19-9-5-7-15-6-3-4-8-17(15)19/h3-4,6,8,10-11,19,21,24H,5,7,9,12-14H2,1-2H3/t19-/m1/s1. The maximum Gasteiger partial charge on any atom is 0.269 e. The van der Waals surface area contributed by atoms with Crippen molar-refractivity contribution in [2.45, 2.75) is 31.8 Å². The highest BCUT2D eigenvalue weighted by atomic mass is 16.3. The molecule has 1 heterocycles. The van der Waals surface area contributed by atoms with E-state index in [2.05, 4.69) is 34.1 Å². The Balaban J connectivity index is 1.80. The first-order valence-electron chi connectivity index (χ1n) is 8.92. The minimum Gasteiger partial charge on any atom is -0.395 e. The number of fused-ring (bicyclic) bond motifs is 1. The highest BCUT2D eigenvalue weighted by Crippen LogP contribution is 2.34. The fraction of sp³-hybridized carbons (Fsp3) is 0.450. The van der Waals surface area contributed by atoms with E-state index in [1.807, 2.05) is 12.1 Å². The van der Waals surface area contributed by atoms with Crippen LogP contribution < -0.4 is 0 Å². The summed E-state index contributed by atoms with van der Waals surface area (Å²) >= 11 is 0. The van der Waals surface area contributed by atoms with E-state index in [0.29, 0.717) is 24.8 Å². The van der Waals surface area contributed by atoms with Crippen LogP contribution in [0.15, 0.2) is 36.4 Å². The second kappa shape index (κ2) is 7.85. The summed E-state index contributed by atoms with van der Waals surface area (Å²) in [5.74, 6) is -0.0250. The Hall–Kier alpha value is -2.11. The number of aliphatic hydroxyl groups excluding tert-OH is 1. The van der Waals surface area contributed by atoms with Gasteiger partial charge in [-0.15, -0.1) is 0 Å². The predicted octanol–water partition coefficient (Wildman–Crippen LogP) is 2.59. The van der Waals surface area contributed by atoms with Crippen molar-refractivity contribution in [3.8, 4) is 0 Å². The molecule has 2 N–H and O–H groups in total. The van der Waals surface area contributed by atoms with Gasteiger partial charge in [-0.1, -0.05) is 24.3 Å². The first-order chi connectivity index (χ1) is 12.1. The van der Waals surface area contributed by atoms with Crippen LogP contribution >= 0.6 is 0 Å². The van der Waals surface area contributed by atoms with Crippen molar-refractivity contribution in [2.75, 3.05) is 27.2 Å². The van der Waals surface area contributed by atoms with Crippen LogP contribution in [-0.4, -0.2) is 53.0 Å². The monoisotopic (exact) mass is 341 g/mol. The minimum atomic E-state index is -0.0250. The first-order valence-corrected chi connectivity index (χ1v) is 8.92. The fourth-order valence-corrected chi connectivity index (χ4v) is 3.70. The van der Waals surface area contributed by atoms with Gasteiger partial charge in [0.05, 0.1) is 6.61 Å². The number of carbonyl (C=O) groups excluding carboxylic acids is 1. The zero-order valence-electron chi connectivity index (χ0n) is 15.0. The van der Waals surface area contributed by atoms with Gasteiger partial charge in [-0.2, -0.15) is 0 Å². The third-order valence-corrected chi connectivity index (χ3v) is 4.92. The van der Waals surface area contributed by atoms with E-state index in [9.17, 15) is 9.90 Å². The largest absolute Gasteiger partial charge is 0.395 e. The lowest BCUT2D eigenvalue weighted by Gasteiger charge is -2.35. The number of aryl methyl sites for hydroxylation is 1. The average molecular weight is 341 g/mol. The number of nitrogens with zero attached hydrogens (tertiary/aromatic N) is 2. The van der Waals surface area contributed by atoms with Crippen molar-refractivity contribution in [1.82, 2.24) is 14.8 Å². The van der Waals surface area contributed by atoms with Crippen LogP contribution in [0.1, 0.15) is 46.2 Å². The van der Waals surface area contributed by atoms with Gasteiger partial charge in [0.15, 0.2) is 0 Å². The summed E-state index contributed by atoms with van der Waals surface area (Å²) in [5.41, 5.74) is 4.39. The summed E-state index contributed by atoms with van der Waals surface area (Å²) in [5, 5.41) is 9.55. The molecular formula is C20H27N3O2. The van der Waals surface area contributed by atoms with E-state index < -0.39 is 0 Å². The molecule has 1 atom stereocenters. The number of rotatable bonds is 6. The molecule has 0 radical (unpaired) electrons. The molecule has 0 spiro atoms. The third-order valence-electron chi connectivity index (χ3n) is 4.92. The van der Waals surface area contributed by atoms with Crippen LogP contribution in [0.2, 0.25) is 0 Å². The Morgan fingerprint density at radius 3 is 2.80 bits per heavy atom. The number of aromatic nitrogens is 1. The van der Waals surface area contributed by atoms with Crippen molar-refractivity contribution in [3.05, 3.63) is 58.9 Å². The molecule has 0 saturated heterocycles. The molecule has 0 fully saturated rings. The number of carbonyl (C=O) groups is 1. The van der Waals surface area contributed by atoms with Crippen molar-refractivity contribution in [2.24, 2.45) is 0 Å². The van der Waals surface area contributed by atoms with Gasteiger partial charge in [0.1, 0.15) is 5.69 Å². The number of amides is 1. The van der Waals surface area contributed by atoms with Crippen LogP contribution in [0.25, 0.3) is 0 Å². The van der Waals surface area contributed by atoms with Crippen molar-refractivity contribution in [1.29, 1.82) is 0 Å². The second-order valence-corrected chi connectivity index (χ2v) is 6.90. The van der Waals surface area contributed by atoms with E-state index in [-0.39, 0.29) is 12.5 Å². The van der Waals surface area contributed by atoms with E-state index in [1.54, 1.807) is 19.0 Å². The SMILES string of the molecule is CN(C)C(=O)c1ccc(CN(CCO)[C@@H]2CCCc3ccccc32)[nH]1. The summed E-state index contributed by atoms with van der Waals surface area (Å²) in [6.45, 7) is 1.44. The third kappa shape index (κ3) is 3.94. The first kappa shape index (κ1) is 17.7. The number of aromatic amines is 1. The Bertz CT molecular complexity index is 723. The lowest BCUT2D eigenvalue weighted by Crippen LogP contribution is -2.33. The molecule has 1 aromatic carbocycles. The lowest BCUT2D eigenvalue weighted by molar-refractivity contribution is 0.0822. The molecular weight excluding hydrogens is 314 g/mol. The number of H-pyrrole nitrogens is 1. The highest BCUT2D eigenvalue weighted by molar-refractivity contribution is 5.92. The number of nitrogens with one attached hydrogen (secondary N) is 1. The molecule has 0 saturated carbocycles. The molecule has 0 unspecified atom stereocenters. The molecule has 134 valence electrons. The molecule has 5 nitrogen and oxygen atoms in total. The van der Waals surface area contributed by atoms with Gasteiger partial charge < -0.3 is 15.0 Å². The van der Waals surface area contributed by atoms with Gasteiger partial charge >= 0.3 is 0 Å². The Morgan fingerprint density at radius 1 is 1.24 bits per heavy atom. The van der Waals surface area contributed by atoms with Gasteiger partial charge in [-0.3, -0.25) is 9.69 Å². The molecule has 1 aromatic heterocycles. The van der Waals surface area contributed by atoms with Crippen molar-refractivity contribution < 1.29 is 9.90 Å². The molecule has 5 heteroatoms. The highest BCUT2D eigenvalue weighted by Gasteiger charge is 2.26. The number of hydrogen-bond acceptors (Lipinski definition) is 3. The number of aliphatic hydroxyl groups is 1. The fourth-order valence-electron chi connectivity index (χ4n) is 3.70. The topological polar surface area (TPSA) is 59.6 Å². The molecule has 1 aliphatic carbocycles. The van der Waals surface area contributed by atoms with Gasteiger partial charge in [0, 0.05) is 38.9 Å². The van der Waals surface area contributed by atoms with Crippen LogP contribution in [0.5, 0.6) is 0 Å². The number of hydrogen-bond donors (Lipinski definition) is 2. The summed E-state index contributed by atoms with van der Waals surface area (Å²) < 4.78 is 0. The Morgan fingerprint density at radius 2 is 2.04 bits per heavy atom. The maximum absolute atomic E-state index is 12.1. The summed E-state index contributed by atoms with van der Waals surface area (Å²) in [4.78, 5) is 19.2. The Kier molecular flexibility index (Phi) is 5.56. The predicted molar refractivity (Wildman–Crippen MR) is 98.4 cm³/mol. The summed E-state index contributed by atoms with van der Waals surface area (Å²) in [6, 6.07) is 12.7. The summed E-state index contributed by atoms with van der Waals surface area (Å²) in [7, 11) is 3.50. The van der Waals surface area contributed by atoms with Crippen LogP contribution in [0, 0.1) is 0 Å². The van der Waals surface area contributed by atoms with Gasteiger partial charge in [-0.25, -0.2) is 0 Å². The van der Waals surface area contributed by atoms with Gasteiger partial charge in [0.2, 0.25) is 0 Å². The normalized spacial score (nSPS) is 16.7. The molecule has 3 rings (SSSR count). The van der Waals surface area contributed by atoms with E-state index >= 15 is 0 Å². The second-order valence-electron chi connectivity index (χ2n) is 6.90. The molecule has 2 aromatic rings. The maximum atomic E-state index is 12.1. The van der Waals surface area contributed by atoms with Gasteiger partial charge in [0.25, 0.3) is 5.91 Å². The molecule has 1 aliphatic rings. The van der Waals surface area contributed by atoms with E-state index in [4.69, 9.17) is 0 Å². The van der Waals surface area contributed by atoms with Crippen molar-refractivity contribution >= 4 is 5.91 Å². The molecule has 25 heavy (non-hydrogen) atoms. The van der Waals surface area contributed by atoms with E-state index in [0.717, 1.165) is 18.5 Å². The zero-order valence-corrected chi connectivity index (χ0v) is 15.0. The van der Waals surface area contributed by atoms with Crippen LogP contribution in [0.3, 0.4) is 0 Å². The van der Waals surface area contributed by atoms with Crippen molar-refractivity contribution in [3.63, 3.8) is 0 Å². The number of benzene rings is 1. The van der Waals surface area contributed by atoms with Gasteiger partial charge in [-0.05, 0) is 42.5 Å². The average Bonchev–Trinajstić information content (AvgIpc) is 3.08. The molecule has 0 bridgehead atoms. The molecule has 1 amide bonds. The lowest BCUT2D eigenvalue weighted by atomic mass is 9.86. The smallest absolute Gasteiger partial charge is 0.269 e. The van der Waals surface area contributed by atoms with E-state index in [1.165, 1.54) is 17.5 Å². The molecule has 0 aliphatic heterocycles.